The number of ether oxygens (including phenoxy) is 2. The molecule has 10 heteroatoms. The zero-order valence-corrected chi connectivity index (χ0v) is 23.1. The molecule has 0 aromatic heterocycles. The van der Waals surface area contributed by atoms with E-state index in [1.54, 1.807) is 36.4 Å². The number of amides is 2. The number of anilines is 1. The van der Waals surface area contributed by atoms with Gasteiger partial charge in [-0.1, -0.05) is 46.9 Å². The van der Waals surface area contributed by atoms with Gasteiger partial charge in [0.15, 0.2) is 0 Å². The second kappa shape index (κ2) is 10.4. The molecule has 3 heterocycles. The van der Waals surface area contributed by atoms with Gasteiger partial charge in [0.05, 0.1) is 24.3 Å². The first-order valence-electron chi connectivity index (χ1n) is 12.9. The Kier molecular flexibility index (Phi) is 7.12. The van der Waals surface area contributed by atoms with Gasteiger partial charge in [-0.25, -0.2) is 4.39 Å². The summed E-state index contributed by atoms with van der Waals surface area (Å²) in [5, 5.41) is 7.10. The number of benzene rings is 2. The molecule has 2 fully saturated rings. The molecule has 0 bridgehead atoms. The molecule has 2 saturated heterocycles. The van der Waals surface area contributed by atoms with Gasteiger partial charge in [-0.3, -0.25) is 9.59 Å². The van der Waals surface area contributed by atoms with Gasteiger partial charge in [0.25, 0.3) is 0 Å². The average molecular weight is 592 g/mol. The monoisotopic (exact) mass is 590 g/mol. The van der Waals surface area contributed by atoms with Crippen LogP contribution in [0.3, 0.4) is 0 Å². The van der Waals surface area contributed by atoms with Crippen LogP contribution >= 0.6 is 34.8 Å². The number of hydrogen-bond acceptors (Lipinski definition) is 4. The summed E-state index contributed by atoms with van der Waals surface area (Å²) in [5.74, 6) is -1.42. The van der Waals surface area contributed by atoms with E-state index in [1.165, 1.54) is 6.08 Å². The Morgan fingerprint density at radius 2 is 1.74 bits per heavy atom. The van der Waals surface area contributed by atoms with Crippen LogP contribution in [0.4, 0.5) is 10.1 Å². The number of piperidine rings is 1. The van der Waals surface area contributed by atoms with Crippen LogP contribution < -0.4 is 15.4 Å². The first kappa shape index (κ1) is 26.6. The number of hydrogen-bond donors (Lipinski definition) is 2. The highest BCUT2D eigenvalue weighted by molar-refractivity contribution is 6.31. The number of halogens is 4. The van der Waals surface area contributed by atoms with Crippen molar-refractivity contribution in [1.82, 2.24) is 5.32 Å². The third kappa shape index (κ3) is 4.63. The average Bonchev–Trinajstić information content (AvgIpc) is 3.19. The number of allylic oxidation sites excluding steroid dienone is 4. The van der Waals surface area contributed by atoms with E-state index in [0.717, 1.165) is 12.8 Å². The van der Waals surface area contributed by atoms with Crippen molar-refractivity contribution in [3.8, 4) is 5.75 Å². The number of rotatable bonds is 4. The molecule has 1 spiro atoms. The van der Waals surface area contributed by atoms with Gasteiger partial charge >= 0.3 is 0 Å². The van der Waals surface area contributed by atoms with Crippen LogP contribution in [0.2, 0.25) is 10.0 Å². The van der Waals surface area contributed by atoms with Crippen LogP contribution in [0.1, 0.15) is 42.9 Å². The fourth-order valence-corrected chi connectivity index (χ4v) is 7.07. The minimum atomic E-state index is -1.27. The highest BCUT2D eigenvalue weighted by atomic mass is 35.5. The predicted molar refractivity (Wildman–Crippen MR) is 148 cm³/mol. The van der Waals surface area contributed by atoms with Gasteiger partial charge < -0.3 is 20.1 Å². The molecule has 0 saturated carbocycles. The Labute approximate surface area is 240 Å². The van der Waals surface area contributed by atoms with E-state index in [0.29, 0.717) is 45.8 Å². The second-order valence-electron chi connectivity index (χ2n) is 10.4. The van der Waals surface area contributed by atoms with Gasteiger partial charge in [-0.05, 0) is 60.2 Å². The largest absolute Gasteiger partial charge is 0.490 e. The lowest BCUT2D eigenvalue weighted by atomic mass is 9.57. The van der Waals surface area contributed by atoms with Gasteiger partial charge in [-0.2, -0.15) is 0 Å². The zero-order valence-electron chi connectivity index (χ0n) is 20.8. The molecule has 39 heavy (non-hydrogen) atoms. The summed E-state index contributed by atoms with van der Waals surface area (Å²) < 4.78 is 26.2. The molecule has 1 aliphatic carbocycles. The molecule has 2 amide bonds. The Hall–Kier alpha value is -2.58. The molecule has 2 aromatic rings. The Morgan fingerprint density at radius 1 is 1.00 bits per heavy atom. The molecule has 1 unspecified atom stereocenters. The number of carbonyl (C=O) groups excluding carboxylic acids is 2. The molecule has 6 nitrogen and oxygen atoms in total. The van der Waals surface area contributed by atoms with E-state index in [2.05, 4.69) is 10.6 Å². The van der Waals surface area contributed by atoms with Crippen molar-refractivity contribution in [2.45, 2.75) is 43.2 Å². The van der Waals surface area contributed by atoms with Crippen molar-refractivity contribution in [2.24, 2.45) is 11.8 Å². The molecule has 204 valence electrons. The van der Waals surface area contributed by atoms with Gasteiger partial charge in [0, 0.05) is 40.6 Å². The molecular formula is C29H26Cl3FN2O4. The van der Waals surface area contributed by atoms with Crippen molar-refractivity contribution in [2.75, 3.05) is 18.5 Å². The van der Waals surface area contributed by atoms with E-state index < -0.39 is 23.2 Å². The van der Waals surface area contributed by atoms with E-state index in [-0.39, 0.29) is 41.7 Å². The maximum Gasteiger partial charge on any atom is 0.237 e. The number of fused-ring (bicyclic) bond motifs is 2. The Balaban J connectivity index is 1.53. The van der Waals surface area contributed by atoms with Crippen LogP contribution in [-0.2, 0) is 19.7 Å². The van der Waals surface area contributed by atoms with Crippen LogP contribution in [0.5, 0.6) is 5.75 Å². The van der Waals surface area contributed by atoms with Crippen LogP contribution in [-0.4, -0.2) is 31.1 Å². The molecule has 2 aromatic carbocycles. The summed E-state index contributed by atoms with van der Waals surface area (Å²) >= 11 is 19.1. The van der Waals surface area contributed by atoms with E-state index in [4.69, 9.17) is 44.3 Å². The SMILES string of the molecule is O=C1C[C@@H](C2C=CC(F)=C(Cl)C2)[C@]2(C(=O)Nc3cc(Cl)ccc32)[C@@H](c2cc(Cl)ccc2OC2CCOCC2)N1. The molecule has 4 atom stereocenters. The lowest BCUT2D eigenvalue weighted by Crippen LogP contribution is -2.59. The third-order valence-corrected chi connectivity index (χ3v) is 9.03. The van der Waals surface area contributed by atoms with Crippen molar-refractivity contribution in [1.29, 1.82) is 0 Å². The molecule has 6 rings (SSSR count). The van der Waals surface area contributed by atoms with Crippen LogP contribution in [0, 0.1) is 11.8 Å². The quantitative estimate of drug-likeness (QED) is 0.419. The summed E-state index contributed by atoms with van der Waals surface area (Å²) in [6, 6.07) is 9.68. The first-order valence-corrected chi connectivity index (χ1v) is 14.1. The van der Waals surface area contributed by atoms with Gasteiger partial charge in [0.2, 0.25) is 11.8 Å². The smallest absolute Gasteiger partial charge is 0.237 e. The van der Waals surface area contributed by atoms with Crippen molar-refractivity contribution < 1.29 is 23.5 Å². The first-order chi connectivity index (χ1) is 18.8. The minimum Gasteiger partial charge on any atom is -0.490 e. The van der Waals surface area contributed by atoms with Gasteiger partial charge in [-0.15, -0.1) is 0 Å². The normalized spacial score (nSPS) is 28.9. The fraction of sp³-hybridized carbons (Fsp3) is 0.379. The zero-order chi connectivity index (χ0) is 27.3. The molecule has 0 radical (unpaired) electrons. The lowest BCUT2D eigenvalue weighted by molar-refractivity contribution is -0.135. The number of carbonyl (C=O) groups is 2. The van der Waals surface area contributed by atoms with Crippen molar-refractivity contribution >= 4 is 52.3 Å². The lowest BCUT2D eigenvalue weighted by Gasteiger charge is -2.49. The molecular weight excluding hydrogens is 566 g/mol. The summed E-state index contributed by atoms with van der Waals surface area (Å²) in [6.07, 6.45) is 4.61. The molecule has 2 N–H and O–H groups in total. The summed E-state index contributed by atoms with van der Waals surface area (Å²) in [6.45, 7) is 1.18. The highest BCUT2D eigenvalue weighted by Crippen LogP contribution is 2.58. The second-order valence-corrected chi connectivity index (χ2v) is 11.7. The third-order valence-electron chi connectivity index (χ3n) is 8.23. The molecule has 3 aliphatic heterocycles. The highest BCUT2D eigenvalue weighted by Gasteiger charge is 2.62. The van der Waals surface area contributed by atoms with E-state index in [9.17, 15) is 14.0 Å². The molecule has 4 aliphatic rings. The Morgan fingerprint density at radius 3 is 2.51 bits per heavy atom. The summed E-state index contributed by atoms with van der Waals surface area (Å²) in [5.41, 5.74) is 0.591. The Bertz CT molecular complexity index is 1410. The van der Waals surface area contributed by atoms with Crippen LogP contribution in [0.15, 0.2) is 59.4 Å². The van der Waals surface area contributed by atoms with E-state index >= 15 is 0 Å². The predicted octanol–water partition coefficient (Wildman–Crippen LogP) is 6.61. The van der Waals surface area contributed by atoms with Crippen molar-refractivity contribution in [3.63, 3.8) is 0 Å². The van der Waals surface area contributed by atoms with Crippen LogP contribution in [0.25, 0.3) is 0 Å². The maximum atomic E-state index is 14.3. The topological polar surface area (TPSA) is 76.7 Å². The fourth-order valence-electron chi connectivity index (χ4n) is 6.48. The maximum absolute atomic E-state index is 14.3. The summed E-state index contributed by atoms with van der Waals surface area (Å²) in [7, 11) is 0. The number of nitrogens with one attached hydrogen (secondary N) is 2. The van der Waals surface area contributed by atoms with E-state index in [1.807, 2.05) is 6.07 Å². The van der Waals surface area contributed by atoms with Crippen molar-refractivity contribution in [3.05, 3.63) is 80.6 Å². The standard InChI is InChI=1S/C29H26Cl3FN2O4/c30-16-3-6-25(39-18-7-9-38-10-8-18)19(12-16)27-29(20-4-2-17(31)13-24(20)34-28(29)37)21(14-26(36)35-27)15-1-5-23(33)22(32)11-15/h1-6,12-13,15,18,21,27H,7-11,14H2,(H,34,37)(H,35,36)/t15?,21-,27+,29-/m0/s1. The minimum absolute atomic E-state index is 0.0451. The summed E-state index contributed by atoms with van der Waals surface area (Å²) in [4.78, 5) is 27.6. The van der Waals surface area contributed by atoms with Gasteiger partial charge in [0.1, 0.15) is 23.1 Å².